The molecule has 0 aliphatic rings. The van der Waals surface area contributed by atoms with Crippen molar-refractivity contribution < 1.29 is 14.3 Å². The summed E-state index contributed by atoms with van der Waals surface area (Å²) in [5.41, 5.74) is 0.113. The standard InChI is InChI=1S/C13H12N4O3/c1-13(2,12(18)19)17-11(14-15-16-17)9-7-20-10-6-4-3-5-8(9)10/h3-7H,1-2H3,(H,18,19). The predicted molar refractivity (Wildman–Crippen MR) is 70.0 cm³/mol. The topological polar surface area (TPSA) is 94.0 Å². The number of fused-ring (bicyclic) bond motifs is 1. The molecule has 0 aliphatic heterocycles. The van der Waals surface area contributed by atoms with Gasteiger partial charge in [0, 0.05) is 5.39 Å². The van der Waals surface area contributed by atoms with E-state index in [1.165, 1.54) is 24.8 Å². The van der Waals surface area contributed by atoms with E-state index in [1.54, 1.807) is 0 Å². The summed E-state index contributed by atoms with van der Waals surface area (Å²) in [4.78, 5) is 11.4. The molecule has 7 nitrogen and oxygen atoms in total. The van der Waals surface area contributed by atoms with Crippen molar-refractivity contribution >= 4 is 16.9 Å². The van der Waals surface area contributed by atoms with Gasteiger partial charge in [0.2, 0.25) is 0 Å². The fourth-order valence-electron chi connectivity index (χ4n) is 1.97. The number of hydrogen-bond donors (Lipinski definition) is 1. The Balaban J connectivity index is 2.22. The number of nitrogens with zero attached hydrogens (tertiary/aromatic N) is 4. The molecular weight excluding hydrogens is 260 g/mol. The van der Waals surface area contributed by atoms with Crippen molar-refractivity contribution in [2.75, 3.05) is 0 Å². The van der Waals surface area contributed by atoms with Crippen LogP contribution in [0.1, 0.15) is 13.8 Å². The van der Waals surface area contributed by atoms with Gasteiger partial charge in [-0.25, -0.2) is 9.48 Å². The summed E-state index contributed by atoms with van der Waals surface area (Å²) in [6.07, 6.45) is 1.53. The fraction of sp³-hybridized carbons (Fsp3) is 0.231. The molecule has 0 saturated carbocycles. The number of rotatable bonds is 3. The summed E-state index contributed by atoms with van der Waals surface area (Å²) in [5.74, 6) is -0.652. The van der Waals surface area contributed by atoms with Crippen LogP contribution < -0.4 is 0 Å². The molecule has 0 fully saturated rings. The molecule has 3 aromatic rings. The molecular formula is C13H12N4O3. The van der Waals surface area contributed by atoms with E-state index in [0.29, 0.717) is 17.0 Å². The monoisotopic (exact) mass is 272 g/mol. The van der Waals surface area contributed by atoms with Crippen LogP contribution in [0, 0.1) is 0 Å². The number of hydrogen-bond acceptors (Lipinski definition) is 5. The molecule has 20 heavy (non-hydrogen) atoms. The number of furan rings is 1. The summed E-state index contributed by atoms with van der Waals surface area (Å²) in [6, 6.07) is 7.44. The van der Waals surface area contributed by atoms with Crippen LogP contribution in [-0.4, -0.2) is 31.3 Å². The highest BCUT2D eigenvalue weighted by Crippen LogP contribution is 2.30. The first-order chi connectivity index (χ1) is 9.51. The van der Waals surface area contributed by atoms with E-state index in [2.05, 4.69) is 15.5 Å². The van der Waals surface area contributed by atoms with Crippen molar-refractivity contribution in [3.63, 3.8) is 0 Å². The van der Waals surface area contributed by atoms with Crippen molar-refractivity contribution in [2.45, 2.75) is 19.4 Å². The molecule has 0 aliphatic carbocycles. The van der Waals surface area contributed by atoms with Gasteiger partial charge >= 0.3 is 5.97 Å². The van der Waals surface area contributed by atoms with Gasteiger partial charge < -0.3 is 9.52 Å². The lowest BCUT2D eigenvalue weighted by molar-refractivity contribution is -0.146. The molecule has 3 rings (SSSR count). The van der Waals surface area contributed by atoms with Gasteiger partial charge in [0.05, 0.1) is 5.56 Å². The van der Waals surface area contributed by atoms with Crippen LogP contribution in [0.4, 0.5) is 0 Å². The second-order valence-corrected chi connectivity index (χ2v) is 4.92. The molecule has 2 aromatic heterocycles. The number of aromatic nitrogens is 4. The first kappa shape index (κ1) is 12.3. The number of tetrazole rings is 1. The zero-order valence-electron chi connectivity index (χ0n) is 10.9. The number of benzene rings is 1. The van der Waals surface area contributed by atoms with E-state index in [4.69, 9.17) is 4.42 Å². The molecule has 0 atom stereocenters. The van der Waals surface area contributed by atoms with Crippen molar-refractivity contribution in [2.24, 2.45) is 0 Å². The minimum Gasteiger partial charge on any atom is -0.479 e. The Morgan fingerprint density at radius 1 is 1.35 bits per heavy atom. The highest BCUT2D eigenvalue weighted by molar-refractivity contribution is 5.92. The number of aliphatic carboxylic acids is 1. The highest BCUT2D eigenvalue weighted by atomic mass is 16.4. The summed E-state index contributed by atoms with van der Waals surface area (Å²) in [5, 5.41) is 21.5. The van der Waals surface area contributed by atoms with Crippen LogP contribution in [0.25, 0.3) is 22.4 Å². The van der Waals surface area contributed by atoms with Gasteiger partial charge in [-0.2, -0.15) is 0 Å². The Morgan fingerprint density at radius 2 is 2.10 bits per heavy atom. The predicted octanol–water partition coefficient (Wildman–Crippen LogP) is 1.91. The Hall–Kier alpha value is -2.70. The molecule has 0 unspecified atom stereocenters. The van der Waals surface area contributed by atoms with Gasteiger partial charge in [0.25, 0.3) is 0 Å². The third kappa shape index (κ3) is 1.67. The van der Waals surface area contributed by atoms with Crippen LogP contribution in [-0.2, 0) is 10.3 Å². The van der Waals surface area contributed by atoms with Crippen molar-refractivity contribution in [1.29, 1.82) is 0 Å². The van der Waals surface area contributed by atoms with Gasteiger partial charge in [0.15, 0.2) is 11.4 Å². The van der Waals surface area contributed by atoms with Crippen molar-refractivity contribution in [1.82, 2.24) is 20.2 Å². The smallest absolute Gasteiger partial charge is 0.331 e. The second kappa shape index (κ2) is 4.16. The summed E-state index contributed by atoms with van der Waals surface area (Å²) in [6.45, 7) is 3.08. The van der Waals surface area contributed by atoms with Crippen LogP contribution in [0.15, 0.2) is 34.9 Å². The number of para-hydroxylation sites is 1. The lowest BCUT2D eigenvalue weighted by Gasteiger charge is -2.19. The quantitative estimate of drug-likeness (QED) is 0.782. The Morgan fingerprint density at radius 3 is 2.85 bits per heavy atom. The minimum absolute atomic E-state index is 0.363. The van der Waals surface area contributed by atoms with Crippen molar-refractivity contribution in [3.8, 4) is 11.4 Å². The maximum absolute atomic E-state index is 11.4. The average molecular weight is 272 g/mol. The molecule has 1 N–H and O–H groups in total. The number of carboxylic acid groups (broad SMARTS) is 1. The molecule has 0 amide bonds. The molecule has 1 aromatic carbocycles. The zero-order chi connectivity index (χ0) is 14.3. The van der Waals surface area contributed by atoms with E-state index in [0.717, 1.165) is 5.39 Å². The second-order valence-electron chi connectivity index (χ2n) is 4.92. The fourth-order valence-corrected chi connectivity index (χ4v) is 1.97. The zero-order valence-corrected chi connectivity index (χ0v) is 10.9. The van der Waals surface area contributed by atoms with Crippen LogP contribution >= 0.6 is 0 Å². The first-order valence-corrected chi connectivity index (χ1v) is 6.00. The average Bonchev–Trinajstić information content (AvgIpc) is 3.04. The van der Waals surface area contributed by atoms with E-state index >= 15 is 0 Å². The maximum atomic E-state index is 11.4. The van der Waals surface area contributed by atoms with Gasteiger partial charge in [0.1, 0.15) is 11.8 Å². The normalized spacial score (nSPS) is 11.9. The molecule has 0 spiro atoms. The largest absolute Gasteiger partial charge is 0.479 e. The highest BCUT2D eigenvalue weighted by Gasteiger charge is 2.34. The lowest BCUT2D eigenvalue weighted by Crippen LogP contribution is -2.37. The van der Waals surface area contributed by atoms with Crippen LogP contribution in [0.5, 0.6) is 0 Å². The van der Waals surface area contributed by atoms with Crippen LogP contribution in [0.2, 0.25) is 0 Å². The molecule has 0 bridgehead atoms. The molecule has 7 heteroatoms. The number of carboxylic acids is 1. The van der Waals surface area contributed by atoms with E-state index in [9.17, 15) is 9.90 Å². The van der Waals surface area contributed by atoms with E-state index < -0.39 is 11.5 Å². The van der Waals surface area contributed by atoms with Gasteiger partial charge in [-0.05, 0) is 30.3 Å². The molecule has 102 valence electrons. The minimum atomic E-state index is -1.25. The van der Waals surface area contributed by atoms with Crippen molar-refractivity contribution in [3.05, 3.63) is 30.5 Å². The maximum Gasteiger partial charge on any atom is 0.331 e. The first-order valence-electron chi connectivity index (χ1n) is 6.00. The summed E-state index contributed by atoms with van der Waals surface area (Å²) in [7, 11) is 0. The Kier molecular flexibility index (Phi) is 2.56. The number of carbonyl (C=O) groups is 1. The summed E-state index contributed by atoms with van der Waals surface area (Å²) >= 11 is 0. The third-order valence-electron chi connectivity index (χ3n) is 3.24. The van der Waals surface area contributed by atoms with Gasteiger partial charge in [-0.3, -0.25) is 0 Å². The molecule has 0 saturated heterocycles. The van der Waals surface area contributed by atoms with Gasteiger partial charge in [-0.15, -0.1) is 5.10 Å². The SMILES string of the molecule is CC(C)(C(=O)O)n1nnnc1-c1coc2ccccc12. The molecule has 2 heterocycles. The Bertz CT molecular complexity index is 788. The summed E-state index contributed by atoms with van der Waals surface area (Å²) < 4.78 is 6.73. The Labute approximate surface area is 113 Å². The van der Waals surface area contributed by atoms with E-state index in [-0.39, 0.29) is 0 Å². The van der Waals surface area contributed by atoms with E-state index in [1.807, 2.05) is 24.3 Å². The molecule has 0 radical (unpaired) electrons. The third-order valence-corrected chi connectivity index (χ3v) is 3.24. The van der Waals surface area contributed by atoms with Gasteiger partial charge in [-0.1, -0.05) is 18.2 Å². The lowest BCUT2D eigenvalue weighted by atomic mass is 10.1. The van der Waals surface area contributed by atoms with Crippen LogP contribution in [0.3, 0.4) is 0 Å².